The normalized spacial score (nSPS) is 19.4. The molecule has 0 radical (unpaired) electrons. The second kappa shape index (κ2) is 6.55. The lowest BCUT2D eigenvalue weighted by Crippen LogP contribution is -2.40. The zero-order valence-electron chi connectivity index (χ0n) is 14.5. The molecule has 6 nitrogen and oxygen atoms in total. The van der Waals surface area contributed by atoms with Gasteiger partial charge in [-0.1, -0.05) is 41.9 Å². The van der Waals surface area contributed by atoms with E-state index in [1.165, 1.54) is 0 Å². The van der Waals surface area contributed by atoms with E-state index in [1.54, 1.807) is 25.3 Å². The van der Waals surface area contributed by atoms with Gasteiger partial charge in [0, 0.05) is 10.6 Å². The third kappa shape index (κ3) is 3.08. The molecule has 1 aromatic heterocycles. The minimum Gasteiger partial charge on any atom is -0.439 e. The van der Waals surface area contributed by atoms with Gasteiger partial charge in [0.25, 0.3) is 5.91 Å². The van der Waals surface area contributed by atoms with Crippen LogP contribution in [0.5, 0.6) is 0 Å². The first-order valence-corrected chi connectivity index (χ1v) is 8.75. The highest BCUT2D eigenvalue weighted by Crippen LogP contribution is 2.30. The van der Waals surface area contributed by atoms with E-state index < -0.39 is 11.6 Å². The first-order chi connectivity index (χ1) is 13.0. The molecule has 1 aliphatic rings. The smallest absolute Gasteiger partial charge is 0.325 e. The second-order valence-electron chi connectivity index (χ2n) is 6.44. The van der Waals surface area contributed by atoms with Crippen LogP contribution < -0.4 is 5.32 Å². The van der Waals surface area contributed by atoms with Crippen molar-refractivity contribution in [3.63, 3.8) is 0 Å². The summed E-state index contributed by atoms with van der Waals surface area (Å²) in [5, 5.41) is 3.39. The number of nitrogens with one attached hydrogen (secondary N) is 1. The molecule has 1 atom stereocenters. The van der Waals surface area contributed by atoms with Gasteiger partial charge in [-0.3, -0.25) is 9.69 Å². The van der Waals surface area contributed by atoms with Crippen LogP contribution in [-0.2, 0) is 16.9 Å². The zero-order chi connectivity index (χ0) is 19.0. The number of carbonyl (C=O) groups excluding carboxylic acids is 2. The number of halogens is 1. The summed E-state index contributed by atoms with van der Waals surface area (Å²) in [7, 11) is 0. The number of imide groups is 1. The SMILES string of the molecule is C[C@]1(c2ccccc2)NC(=O)N(Cc2ncc(-c3ccc(Cl)cc3)o2)C1=O. The molecule has 2 aromatic carbocycles. The number of hydrogen-bond acceptors (Lipinski definition) is 4. The van der Waals surface area contributed by atoms with Crippen molar-refractivity contribution in [3.05, 3.63) is 77.3 Å². The molecule has 1 N–H and O–H groups in total. The summed E-state index contributed by atoms with van der Waals surface area (Å²) in [6.07, 6.45) is 1.56. The van der Waals surface area contributed by atoms with Gasteiger partial charge in [-0.15, -0.1) is 0 Å². The van der Waals surface area contributed by atoms with Crippen LogP contribution in [0.25, 0.3) is 11.3 Å². The van der Waals surface area contributed by atoms with E-state index in [4.69, 9.17) is 16.0 Å². The zero-order valence-corrected chi connectivity index (χ0v) is 15.2. The molecule has 2 heterocycles. The summed E-state index contributed by atoms with van der Waals surface area (Å²) in [6, 6.07) is 15.8. The molecule has 1 saturated heterocycles. The number of urea groups is 1. The number of rotatable bonds is 4. The second-order valence-corrected chi connectivity index (χ2v) is 6.87. The topological polar surface area (TPSA) is 75.4 Å². The van der Waals surface area contributed by atoms with E-state index in [9.17, 15) is 9.59 Å². The summed E-state index contributed by atoms with van der Waals surface area (Å²) in [4.78, 5) is 30.6. The highest BCUT2D eigenvalue weighted by molar-refractivity contribution is 6.30. The van der Waals surface area contributed by atoms with Gasteiger partial charge in [0.1, 0.15) is 12.1 Å². The third-order valence-electron chi connectivity index (χ3n) is 4.60. The van der Waals surface area contributed by atoms with E-state index in [-0.39, 0.29) is 18.3 Å². The molecule has 4 rings (SSSR count). The van der Waals surface area contributed by atoms with Crippen LogP contribution in [0.4, 0.5) is 4.79 Å². The molecule has 136 valence electrons. The van der Waals surface area contributed by atoms with Crippen molar-refractivity contribution in [2.45, 2.75) is 19.0 Å². The molecule has 0 saturated carbocycles. The number of benzene rings is 2. The summed E-state index contributed by atoms with van der Waals surface area (Å²) in [5.74, 6) is 0.477. The van der Waals surface area contributed by atoms with Crippen LogP contribution in [0.3, 0.4) is 0 Å². The van der Waals surface area contributed by atoms with Crippen LogP contribution in [0.15, 0.2) is 65.2 Å². The van der Waals surface area contributed by atoms with Crippen LogP contribution in [0.2, 0.25) is 5.02 Å². The number of carbonyl (C=O) groups is 2. The Morgan fingerprint density at radius 2 is 1.81 bits per heavy atom. The lowest BCUT2D eigenvalue weighted by Gasteiger charge is -2.21. The standard InChI is InChI=1S/C20H16ClN3O3/c1-20(14-5-3-2-4-6-14)18(25)24(19(26)23-20)12-17-22-11-16(27-17)13-7-9-15(21)10-8-13/h2-11H,12H2,1H3,(H,23,26)/t20-/m1/s1. The Kier molecular flexibility index (Phi) is 4.20. The van der Waals surface area contributed by atoms with Gasteiger partial charge in [-0.25, -0.2) is 9.78 Å². The molecule has 27 heavy (non-hydrogen) atoms. The van der Waals surface area contributed by atoms with Gasteiger partial charge in [0.15, 0.2) is 5.76 Å². The molecule has 1 fully saturated rings. The summed E-state index contributed by atoms with van der Waals surface area (Å²) >= 11 is 5.89. The maximum absolute atomic E-state index is 12.9. The number of amides is 3. The quantitative estimate of drug-likeness (QED) is 0.694. The van der Waals surface area contributed by atoms with Crippen molar-refractivity contribution >= 4 is 23.5 Å². The Bertz CT molecular complexity index is 1000. The maximum atomic E-state index is 12.9. The van der Waals surface area contributed by atoms with Gasteiger partial charge in [0.05, 0.1) is 6.20 Å². The molecule has 1 aliphatic heterocycles. The average Bonchev–Trinajstić information content (AvgIpc) is 3.23. The number of aromatic nitrogens is 1. The fourth-order valence-electron chi connectivity index (χ4n) is 3.07. The Balaban J connectivity index is 1.56. The molecule has 0 unspecified atom stereocenters. The number of oxazole rings is 1. The van der Waals surface area contributed by atoms with Gasteiger partial charge >= 0.3 is 6.03 Å². The Morgan fingerprint density at radius 1 is 1.11 bits per heavy atom. The van der Waals surface area contributed by atoms with E-state index in [0.29, 0.717) is 10.8 Å². The predicted molar refractivity (Wildman–Crippen MR) is 99.8 cm³/mol. The molecule has 0 aliphatic carbocycles. The largest absolute Gasteiger partial charge is 0.439 e. The minimum absolute atomic E-state index is 0.0410. The van der Waals surface area contributed by atoms with E-state index in [0.717, 1.165) is 16.0 Å². The lowest BCUT2D eigenvalue weighted by molar-refractivity contribution is -0.131. The first-order valence-electron chi connectivity index (χ1n) is 8.38. The minimum atomic E-state index is -1.11. The van der Waals surface area contributed by atoms with Crippen molar-refractivity contribution in [2.75, 3.05) is 0 Å². The van der Waals surface area contributed by atoms with Gasteiger partial charge in [0.2, 0.25) is 5.89 Å². The molecular formula is C20H16ClN3O3. The summed E-state index contributed by atoms with van der Waals surface area (Å²) < 4.78 is 5.71. The van der Waals surface area contributed by atoms with Crippen LogP contribution in [0, 0.1) is 0 Å². The van der Waals surface area contributed by atoms with E-state index in [1.807, 2.05) is 42.5 Å². The fourth-order valence-corrected chi connectivity index (χ4v) is 3.20. The fraction of sp³-hybridized carbons (Fsp3) is 0.150. The van der Waals surface area contributed by atoms with E-state index in [2.05, 4.69) is 10.3 Å². The van der Waals surface area contributed by atoms with Crippen LogP contribution in [-0.4, -0.2) is 21.8 Å². The Hall–Kier alpha value is -3.12. The van der Waals surface area contributed by atoms with Gasteiger partial charge in [-0.05, 0) is 36.8 Å². The molecule has 0 bridgehead atoms. The molecule has 7 heteroatoms. The highest BCUT2D eigenvalue weighted by atomic mass is 35.5. The van der Waals surface area contributed by atoms with E-state index >= 15 is 0 Å². The number of hydrogen-bond donors (Lipinski definition) is 1. The molecular weight excluding hydrogens is 366 g/mol. The van der Waals surface area contributed by atoms with Gasteiger partial charge in [-0.2, -0.15) is 0 Å². The van der Waals surface area contributed by atoms with Crippen LogP contribution >= 0.6 is 11.6 Å². The highest BCUT2D eigenvalue weighted by Gasteiger charge is 2.49. The first kappa shape index (κ1) is 17.3. The van der Waals surface area contributed by atoms with Crippen molar-refractivity contribution < 1.29 is 14.0 Å². The van der Waals surface area contributed by atoms with Crippen LogP contribution in [0.1, 0.15) is 18.4 Å². The monoisotopic (exact) mass is 381 g/mol. The van der Waals surface area contributed by atoms with Crippen molar-refractivity contribution in [1.29, 1.82) is 0 Å². The maximum Gasteiger partial charge on any atom is 0.325 e. The lowest BCUT2D eigenvalue weighted by atomic mass is 9.92. The third-order valence-corrected chi connectivity index (χ3v) is 4.85. The van der Waals surface area contributed by atoms with Crippen molar-refractivity contribution in [3.8, 4) is 11.3 Å². The summed E-state index contributed by atoms with van der Waals surface area (Å²) in [5.41, 5.74) is 0.425. The van der Waals surface area contributed by atoms with Gasteiger partial charge < -0.3 is 9.73 Å². The average molecular weight is 382 g/mol. The Labute approximate surface area is 160 Å². The molecule has 3 amide bonds. The summed E-state index contributed by atoms with van der Waals surface area (Å²) in [6.45, 7) is 1.65. The molecule has 0 spiro atoms. The van der Waals surface area contributed by atoms with Crippen molar-refractivity contribution in [2.24, 2.45) is 0 Å². The molecule has 3 aromatic rings. The number of nitrogens with zero attached hydrogens (tertiary/aromatic N) is 2. The predicted octanol–water partition coefficient (Wildman–Crippen LogP) is 3.96. The Morgan fingerprint density at radius 3 is 2.52 bits per heavy atom. The van der Waals surface area contributed by atoms with Crippen molar-refractivity contribution in [1.82, 2.24) is 15.2 Å².